The second kappa shape index (κ2) is 10.6. The number of nitrogens with one attached hydrogen (secondary N) is 2. The van der Waals surface area contributed by atoms with Gasteiger partial charge in [-0.3, -0.25) is 4.90 Å². The molecule has 0 radical (unpaired) electrons. The highest BCUT2D eigenvalue weighted by molar-refractivity contribution is 5.95. The van der Waals surface area contributed by atoms with Crippen LogP contribution in [0.15, 0.2) is 59.8 Å². The molecule has 9 heteroatoms. The highest BCUT2D eigenvalue weighted by Gasteiger charge is 2.34. The van der Waals surface area contributed by atoms with E-state index in [9.17, 15) is 14.0 Å². The number of esters is 1. The summed E-state index contributed by atoms with van der Waals surface area (Å²) < 4.78 is 24.3. The van der Waals surface area contributed by atoms with Gasteiger partial charge in [0.2, 0.25) is 0 Å². The number of anilines is 1. The standard InChI is InChI=1S/C25H29FN4O4/c1-3-34-24(31)22-19(27-25(32)28-23(22)17-8-10-18(26)11-9-17)16-29-12-14-30(15-13-29)20-6-4-5-7-21(20)33-2/h4-11,23H,3,12-16H2,1-2H3,(H2,27,28,32). The summed E-state index contributed by atoms with van der Waals surface area (Å²) in [5, 5.41) is 5.58. The number of carbonyl (C=O) groups is 2. The van der Waals surface area contributed by atoms with E-state index in [0.29, 0.717) is 23.4 Å². The van der Waals surface area contributed by atoms with E-state index in [1.165, 1.54) is 12.1 Å². The number of halogens is 1. The Kier molecular flexibility index (Phi) is 7.32. The summed E-state index contributed by atoms with van der Waals surface area (Å²) in [5.41, 5.74) is 2.49. The Morgan fingerprint density at radius 2 is 1.79 bits per heavy atom. The maximum Gasteiger partial charge on any atom is 0.338 e. The zero-order valence-electron chi connectivity index (χ0n) is 19.3. The minimum absolute atomic E-state index is 0.206. The normalized spacial score (nSPS) is 18.9. The maximum atomic E-state index is 13.5. The molecule has 2 aromatic carbocycles. The van der Waals surface area contributed by atoms with Gasteiger partial charge in [0.05, 0.1) is 31.0 Å². The molecule has 180 valence electrons. The van der Waals surface area contributed by atoms with Crippen molar-refractivity contribution in [3.05, 3.63) is 71.2 Å². The molecular weight excluding hydrogens is 439 g/mol. The van der Waals surface area contributed by atoms with Crippen LogP contribution in [0.1, 0.15) is 18.5 Å². The Morgan fingerprint density at radius 1 is 1.09 bits per heavy atom. The summed E-state index contributed by atoms with van der Waals surface area (Å²) >= 11 is 0. The molecule has 0 spiro atoms. The molecule has 1 atom stereocenters. The van der Waals surface area contributed by atoms with Gasteiger partial charge in [-0.25, -0.2) is 14.0 Å². The Bertz CT molecular complexity index is 1060. The molecule has 2 aliphatic heterocycles. The van der Waals surface area contributed by atoms with E-state index in [0.717, 1.165) is 37.6 Å². The third kappa shape index (κ3) is 5.14. The lowest BCUT2D eigenvalue weighted by molar-refractivity contribution is -0.139. The van der Waals surface area contributed by atoms with Crippen LogP contribution >= 0.6 is 0 Å². The number of hydrogen-bond acceptors (Lipinski definition) is 6. The number of carbonyl (C=O) groups excluding carboxylic acids is 2. The smallest absolute Gasteiger partial charge is 0.338 e. The van der Waals surface area contributed by atoms with Crippen LogP contribution < -0.4 is 20.3 Å². The second-order valence-corrected chi connectivity index (χ2v) is 8.13. The van der Waals surface area contributed by atoms with E-state index in [2.05, 4.69) is 20.4 Å². The van der Waals surface area contributed by atoms with Crippen LogP contribution in [0.5, 0.6) is 5.75 Å². The largest absolute Gasteiger partial charge is 0.495 e. The molecule has 4 rings (SSSR count). The fraction of sp³-hybridized carbons (Fsp3) is 0.360. The van der Waals surface area contributed by atoms with Crippen molar-refractivity contribution in [1.82, 2.24) is 15.5 Å². The fourth-order valence-corrected chi connectivity index (χ4v) is 4.36. The van der Waals surface area contributed by atoms with Crippen LogP contribution in [0.2, 0.25) is 0 Å². The van der Waals surface area contributed by atoms with Crippen LogP contribution in [0.3, 0.4) is 0 Å². The van der Waals surface area contributed by atoms with Crippen LogP contribution in [0.4, 0.5) is 14.9 Å². The Labute approximate surface area is 198 Å². The van der Waals surface area contributed by atoms with Crippen molar-refractivity contribution in [2.24, 2.45) is 0 Å². The molecule has 34 heavy (non-hydrogen) atoms. The van der Waals surface area contributed by atoms with Crippen molar-refractivity contribution in [2.75, 3.05) is 51.3 Å². The first-order valence-electron chi connectivity index (χ1n) is 11.3. The fourth-order valence-electron chi connectivity index (χ4n) is 4.36. The van der Waals surface area contributed by atoms with Crippen LogP contribution in [-0.4, -0.2) is 63.3 Å². The van der Waals surface area contributed by atoms with E-state index in [-0.39, 0.29) is 12.4 Å². The van der Waals surface area contributed by atoms with Gasteiger partial charge in [0, 0.05) is 38.4 Å². The monoisotopic (exact) mass is 468 g/mol. The summed E-state index contributed by atoms with van der Waals surface area (Å²) in [5.74, 6) is -0.0678. The van der Waals surface area contributed by atoms with Gasteiger partial charge in [0.15, 0.2) is 0 Å². The molecule has 0 bridgehead atoms. The number of nitrogens with zero attached hydrogens (tertiary/aromatic N) is 2. The van der Waals surface area contributed by atoms with Crippen molar-refractivity contribution in [3.8, 4) is 5.75 Å². The number of benzene rings is 2. The maximum absolute atomic E-state index is 13.5. The van der Waals surface area contributed by atoms with Crippen molar-refractivity contribution in [2.45, 2.75) is 13.0 Å². The highest BCUT2D eigenvalue weighted by Crippen LogP contribution is 2.30. The Hall–Kier alpha value is -3.59. The predicted molar refractivity (Wildman–Crippen MR) is 126 cm³/mol. The van der Waals surface area contributed by atoms with Gasteiger partial charge < -0.3 is 25.0 Å². The van der Waals surface area contributed by atoms with Crippen LogP contribution in [-0.2, 0) is 9.53 Å². The van der Waals surface area contributed by atoms with Crippen LogP contribution in [0.25, 0.3) is 0 Å². The van der Waals surface area contributed by atoms with E-state index in [1.54, 1.807) is 26.2 Å². The van der Waals surface area contributed by atoms with Gasteiger partial charge in [0.1, 0.15) is 11.6 Å². The number of urea groups is 1. The van der Waals surface area contributed by atoms with E-state index in [1.807, 2.05) is 24.3 Å². The van der Waals surface area contributed by atoms with Gasteiger partial charge in [-0.1, -0.05) is 24.3 Å². The third-order valence-electron chi connectivity index (χ3n) is 6.03. The third-order valence-corrected chi connectivity index (χ3v) is 6.03. The molecule has 1 unspecified atom stereocenters. The zero-order valence-corrected chi connectivity index (χ0v) is 19.3. The van der Waals surface area contributed by atoms with Crippen LogP contribution in [0, 0.1) is 5.82 Å². The Morgan fingerprint density at radius 3 is 2.47 bits per heavy atom. The van der Waals surface area contributed by atoms with Gasteiger partial charge in [0.25, 0.3) is 0 Å². The minimum atomic E-state index is -0.724. The topological polar surface area (TPSA) is 83.1 Å². The molecule has 0 saturated carbocycles. The van der Waals surface area contributed by atoms with Crippen molar-refractivity contribution >= 4 is 17.7 Å². The first kappa shape index (κ1) is 23.6. The van der Waals surface area contributed by atoms with Crippen molar-refractivity contribution in [3.63, 3.8) is 0 Å². The number of para-hydroxylation sites is 2. The lowest BCUT2D eigenvalue weighted by Gasteiger charge is -2.38. The van der Waals surface area contributed by atoms with E-state index >= 15 is 0 Å². The molecule has 2 N–H and O–H groups in total. The lowest BCUT2D eigenvalue weighted by atomic mass is 9.95. The van der Waals surface area contributed by atoms with Gasteiger partial charge in [-0.05, 0) is 36.8 Å². The summed E-state index contributed by atoms with van der Waals surface area (Å²) in [6.07, 6.45) is 0. The molecule has 2 heterocycles. The average molecular weight is 469 g/mol. The minimum Gasteiger partial charge on any atom is -0.495 e. The number of methoxy groups -OCH3 is 1. The van der Waals surface area contributed by atoms with E-state index < -0.39 is 18.0 Å². The predicted octanol–water partition coefficient (Wildman–Crippen LogP) is 2.83. The van der Waals surface area contributed by atoms with Gasteiger partial charge >= 0.3 is 12.0 Å². The van der Waals surface area contributed by atoms with E-state index in [4.69, 9.17) is 9.47 Å². The van der Waals surface area contributed by atoms with Crippen molar-refractivity contribution in [1.29, 1.82) is 0 Å². The highest BCUT2D eigenvalue weighted by atomic mass is 19.1. The SMILES string of the molecule is CCOC(=O)C1=C(CN2CCN(c3ccccc3OC)CC2)NC(=O)NC1c1ccc(F)cc1. The molecule has 8 nitrogen and oxygen atoms in total. The Balaban J connectivity index is 1.55. The van der Waals surface area contributed by atoms with Gasteiger partial charge in [-0.15, -0.1) is 0 Å². The second-order valence-electron chi connectivity index (χ2n) is 8.13. The summed E-state index contributed by atoms with van der Waals surface area (Å²) in [6.45, 7) is 5.35. The number of hydrogen-bond donors (Lipinski definition) is 2. The molecule has 1 saturated heterocycles. The number of amides is 2. The summed E-state index contributed by atoms with van der Waals surface area (Å²) in [4.78, 5) is 29.9. The average Bonchev–Trinajstić information content (AvgIpc) is 2.84. The summed E-state index contributed by atoms with van der Waals surface area (Å²) in [7, 11) is 1.66. The number of ether oxygens (including phenoxy) is 2. The van der Waals surface area contributed by atoms with Crippen molar-refractivity contribution < 1.29 is 23.5 Å². The van der Waals surface area contributed by atoms with Gasteiger partial charge in [-0.2, -0.15) is 0 Å². The first-order valence-corrected chi connectivity index (χ1v) is 11.3. The number of piperazine rings is 1. The summed E-state index contributed by atoms with van der Waals surface area (Å²) in [6, 6.07) is 12.5. The molecule has 1 fully saturated rings. The molecule has 2 aromatic rings. The lowest BCUT2D eigenvalue weighted by Crippen LogP contribution is -2.51. The molecule has 0 aliphatic carbocycles. The number of rotatable bonds is 7. The quantitative estimate of drug-likeness (QED) is 0.608. The zero-order chi connectivity index (χ0) is 24.1. The first-order chi connectivity index (χ1) is 16.5. The molecule has 2 amide bonds. The molecule has 0 aromatic heterocycles. The molecule has 2 aliphatic rings. The molecular formula is C25H29FN4O4.